The van der Waals surface area contributed by atoms with Crippen LogP contribution in [0.25, 0.3) is 0 Å². The Kier molecular flexibility index (Phi) is 3.58. The first-order valence-electron chi connectivity index (χ1n) is 5.87. The number of hydrogen-bond donors (Lipinski definition) is 1. The molecule has 0 aromatic heterocycles. The zero-order valence-electron chi connectivity index (χ0n) is 10.4. The number of nitrogens with two attached hydrogens (primary N) is 1. The number of anilines is 1. The first kappa shape index (κ1) is 13.6. The maximum atomic E-state index is 12.5. The molecular weight excluding hydrogens is 272 g/mol. The zero-order chi connectivity index (χ0) is 13.5. The fourth-order valence-corrected chi connectivity index (χ4v) is 3.90. The summed E-state index contributed by atoms with van der Waals surface area (Å²) in [5.41, 5.74) is 6.02. The van der Waals surface area contributed by atoms with E-state index in [-0.39, 0.29) is 16.0 Å². The highest BCUT2D eigenvalue weighted by Crippen LogP contribution is 2.37. The summed E-state index contributed by atoms with van der Waals surface area (Å²) in [6.45, 7) is 1.93. The Morgan fingerprint density at radius 1 is 1.44 bits per heavy atom. The summed E-state index contributed by atoms with van der Waals surface area (Å²) in [7, 11) is -1.98. The summed E-state index contributed by atoms with van der Waals surface area (Å²) in [4.78, 5) is 0.0826. The Morgan fingerprint density at radius 3 is 2.61 bits per heavy atom. The molecular formula is C12H17ClN2O2S. The minimum Gasteiger partial charge on any atom is -0.399 e. The Labute approximate surface area is 113 Å². The predicted octanol–water partition coefficient (Wildman–Crippen LogP) is 2.34. The highest BCUT2D eigenvalue weighted by molar-refractivity contribution is 7.89. The smallest absolute Gasteiger partial charge is 0.244 e. The predicted molar refractivity (Wildman–Crippen MR) is 73.0 cm³/mol. The molecule has 6 heteroatoms. The molecule has 0 bridgehead atoms. The van der Waals surface area contributed by atoms with Crippen LogP contribution in [0, 0.1) is 5.92 Å². The van der Waals surface area contributed by atoms with E-state index in [0.29, 0.717) is 11.6 Å². The molecule has 1 atom stereocenters. The van der Waals surface area contributed by atoms with Gasteiger partial charge in [-0.05, 0) is 43.9 Å². The number of rotatable bonds is 4. The van der Waals surface area contributed by atoms with Crippen molar-refractivity contribution >= 4 is 27.3 Å². The summed E-state index contributed by atoms with van der Waals surface area (Å²) >= 11 is 5.96. The Morgan fingerprint density at radius 2 is 2.06 bits per heavy atom. The molecule has 0 saturated heterocycles. The molecule has 1 aliphatic carbocycles. The molecule has 0 aliphatic heterocycles. The highest BCUT2D eigenvalue weighted by atomic mass is 35.5. The SMILES string of the molecule is CC(C1CC1)N(C)S(=O)(=O)c1cc(N)ccc1Cl. The van der Waals surface area contributed by atoms with Crippen molar-refractivity contribution in [3.05, 3.63) is 23.2 Å². The van der Waals surface area contributed by atoms with E-state index in [1.807, 2.05) is 6.92 Å². The maximum absolute atomic E-state index is 12.5. The van der Waals surface area contributed by atoms with E-state index in [4.69, 9.17) is 17.3 Å². The summed E-state index contributed by atoms with van der Waals surface area (Å²) < 4.78 is 26.3. The lowest BCUT2D eigenvalue weighted by atomic mass is 10.2. The Balaban J connectivity index is 2.37. The lowest BCUT2D eigenvalue weighted by Gasteiger charge is -2.24. The van der Waals surface area contributed by atoms with Gasteiger partial charge in [-0.25, -0.2) is 8.42 Å². The third kappa shape index (κ3) is 2.48. The van der Waals surface area contributed by atoms with Crippen LogP contribution in [0.1, 0.15) is 19.8 Å². The van der Waals surface area contributed by atoms with Gasteiger partial charge in [-0.2, -0.15) is 4.31 Å². The normalized spacial score (nSPS) is 18.0. The first-order chi connectivity index (χ1) is 8.34. The van der Waals surface area contributed by atoms with Gasteiger partial charge in [-0.3, -0.25) is 0 Å². The van der Waals surface area contributed by atoms with Crippen LogP contribution >= 0.6 is 11.6 Å². The van der Waals surface area contributed by atoms with Crippen molar-refractivity contribution in [2.24, 2.45) is 5.92 Å². The van der Waals surface area contributed by atoms with Crippen molar-refractivity contribution in [1.82, 2.24) is 4.31 Å². The summed E-state index contributed by atoms with van der Waals surface area (Å²) in [6, 6.07) is 4.51. The molecule has 2 N–H and O–H groups in total. The van der Waals surface area contributed by atoms with E-state index in [0.717, 1.165) is 12.8 Å². The topological polar surface area (TPSA) is 63.4 Å². The van der Waals surface area contributed by atoms with Gasteiger partial charge >= 0.3 is 0 Å². The van der Waals surface area contributed by atoms with Gasteiger partial charge in [0.2, 0.25) is 10.0 Å². The number of hydrogen-bond acceptors (Lipinski definition) is 3. The Bertz CT molecular complexity index is 555. The van der Waals surface area contributed by atoms with E-state index in [1.165, 1.54) is 16.4 Å². The van der Waals surface area contributed by atoms with Crippen molar-refractivity contribution in [2.75, 3.05) is 12.8 Å². The van der Waals surface area contributed by atoms with Gasteiger partial charge in [0.25, 0.3) is 0 Å². The fraction of sp³-hybridized carbons (Fsp3) is 0.500. The molecule has 1 saturated carbocycles. The second-order valence-corrected chi connectivity index (χ2v) is 7.16. The van der Waals surface area contributed by atoms with Crippen LogP contribution in [-0.2, 0) is 10.0 Å². The average molecular weight is 289 g/mol. The third-order valence-corrected chi connectivity index (χ3v) is 5.92. The average Bonchev–Trinajstić information content (AvgIpc) is 3.14. The molecule has 2 rings (SSSR count). The lowest BCUT2D eigenvalue weighted by molar-refractivity contribution is 0.357. The van der Waals surface area contributed by atoms with E-state index in [9.17, 15) is 8.42 Å². The quantitative estimate of drug-likeness (QED) is 0.865. The van der Waals surface area contributed by atoms with Gasteiger partial charge in [-0.1, -0.05) is 11.6 Å². The minimum atomic E-state index is -3.58. The lowest BCUT2D eigenvalue weighted by Crippen LogP contribution is -2.36. The molecule has 0 amide bonds. The van der Waals surface area contributed by atoms with Crippen LogP contribution in [-0.4, -0.2) is 25.8 Å². The van der Waals surface area contributed by atoms with Gasteiger partial charge in [0, 0.05) is 18.8 Å². The number of benzene rings is 1. The number of halogens is 1. The summed E-state index contributed by atoms with van der Waals surface area (Å²) in [5, 5.41) is 0.207. The van der Waals surface area contributed by atoms with E-state index in [2.05, 4.69) is 0 Å². The van der Waals surface area contributed by atoms with Crippen molar-refractivity contribution in [1.29, 1.82) is 0 Å². The van der Waals surface area contributed by atoms with Gasteiger partial charge in [-0.15, -0.1) is 0 Å². The van der Waals surface area contributed by atoms with Crippen LogP contribution < -0.4 is 5.73 Å². The molecule has 1 unspecified atom stereocenters. The molecule has 4 nitrogen and oxygen atoms in total. The number of sulfonamides is 1. The highest BCUT2D eigenvalue weighted by Gasteiger charge is 2.36. The van der Waals surface area contributed by atoms with Crippen LogP contribution in [0.3, 0.4) is 0 Å². The van der Waals surface area contributed by atoms with E-state index < -0.39 is 10.0 Å². The van der Waals surface area contributed by atoms with Gasteiger partial charge < -0.3 is 5.73 Å². The first-order valence-corrected chi connectivity index (χ1v) is 7.69. The standard InChI is InChI=1S/C12H17ClN2O2S/c1-8(9-3-4-9)15(2)18(16,17)12-7-10(14)5-6-11(12)13/h5-9H,3-4,14H2,1-2H3. The molecule has 0 spiro atoms. The van der Waals surface area contributed by atoms with Crippen molar-refractivity contribution in [3.63, 3.8) is 0 Å². The van der Waals surface area contributed by atoms with Crippen LogP contribution in [0.5, 0.6) is 0 Å². The van der Waals surface area contributed by atoms with Gasteiger partial charge in [0.15, 0.2) is 0 Å². The molecule has 1 aliphatic rings. The molecule has 1 aromatic rings. The summed E-state index contributed by atoms with van der Waals surface area (Å²) in [5.74, 6) is 0.463. The Hall–Kier alpha value is -0.780. The second-order valence-electron chi connectivity index (χ2n) is 4.79. The van der Waals surface area contributed by atoms with Crippen molar-refractivity contribution in [2.45, 2.75) is 30.7 Å². The van der Waals surface area contributed by atoms with Crippen LogP contribution in [0.15, 0.2) is 23.1 Å². The molecule has 100 valence electrons. The number of nitrogens with zero attached hydrogens (tertiary/aromatic N) is 1. The third-order valence-electron chi connectivity index (χ3n) is 3.49. The molecule has 0 radical (unpaired) electrons. The molecule has 1 aromatic carbocycles. The second kappa shape index (κ2) is 4.72. The largest absolute Gasteiger partial charge is 0.399 e. The van der Waals surface area contributed by atoms with E-state index >= 15 is 0 Å². The number of nitrogen functional groups attached to an aromatic ring is 1. The van der Waals surface area contributed by atoms with Crippen LogP contribution in [0.2, 0.25) is 5.02 Å². The van der Waals surface area contributed by atoms with Crippen molar-refractivity contribution in [3.8, 4) is 0 Å². The van der Waals surface area contributed by atoms with Gasteiger partial charge in [0.1, 0.15) is 4.90 Å². The minimum absolute atomic E-state index is 0.00695. The summed E-state index contributed by atoms with van der Waals surface area (Å²) in [6.07, 6.45) is 2.18. The maximum Gasteiger partial charge on any atom is 0.244 e. The molecule has 1 fully saturated rings. The van der Waals surface area contributed by atoms with Crippen LogP contribution in [0.4, 0.5) is 5.69 Å². The molecule has 18 heavy (non-hydrogen) atoms. The monoisotopic (exact) mass is 288 g/mol. The van der Waals surface area contributed by atoms with Crippen molar-refractivity contribution < 1.29 is 8.42 Å². The molecule has 0 heterocycles. The zero-order valence-corrected chi connectivity index (χ0v) is 12.0. The fourth-order valence-electron chi connectivity index (χ4n) is 1.97. The van der Waals surface area contributed by atoms with E-state index in [1.54, 1.807) is 13.1 Å². The van der Waals surface area contributed by atoms with Gasteiger partial charge in [0.05, 0.1) is 5.02 Å².